The Bertz CT molecular complexity index is 85.0. The van der Waals surface area contributed by atoms with Crippen molar-refractivity contribution < 1.29 is 5.21 Å². The summed E-state index contributed by atoms with van der Waals surface area (Å²) in [5.74, 6) is 0. The topological polar surface area (TPSA) is 23.2 Å². The van der Waals surface area contributed by atoms with Crippen molar-refractivity contribution in [2.24, 2.45) is 0 Å². The van der Waals surface area contributed by atoms with E-state index < -0.39 is 0 Å². The standard InChI is InChI=1S/C7H15NO/c1-2-3-4-5-7-6-8(7)9/h7,9H,2-6H2,1H3. The summed E-state index contributed by atoms with van der Waals surface area (Å²) >= 11 is 0. The molecule has 2 nitrogen and oxygen atoms in total. The van der Waals surface area contributed by atoms with E-state index >= 15 is 0 Å². The SMILES string of the molecule is CCCCCC1CN1O. The molecule has 1 N–H and O–H groups in total. The normalized spacial score (nSPS) is 32.7. The first-order chi connectivity index (χ1) is 4.34. The van der Waals surface area contributed by atoms with Gasteiger partial charge in [-0.2, -0.15) is 5.06 Å². The molecule has 1 rings (SSSR count). The molecule has 1 aliphatic heterocycles. The summed E-state index contributed by atoms with van der Waals surface area (Å²) in [5, 5.41) is 10.2. The molecule has 0 radical (unpaired) electrons. The number of hydrogen-bond acceptors (Lipinski definition) is 2. The molecule has 1 heterocycles. The molecule has 2 atom stereocenters. The van der Waals surface area contributed by atoms with E-state index in [1.165, 1.54) is 30.7 Å². The summed E-state index contributed by atoms with van der Waals surface area (Å²) in [5.41, 5.74) is 0. The Labute approximate surface area is 56.4 Å². The fraction of sp³-hybridized carbons (Fsp3) is 1.00. The van der Waals surface area contributed by atoms with Crippen LogP contribution in [-0.4, -0.2) is 22.9 Å². The molecule has 0 amide bonds. The molecule has 2 unspecified atom stereocenters. The lowest BCUT2D eigenvalue weighted by Gasteiger charge is -1.94. The average Bonchev–Trinajstić information content (AvgIpc) is 2.48. The Morgan fingerprint density at radius 2 is 2.22 bits per heavy atom. The van der Waals surface area contributed by atoms with Gasteiger partial charge in [-0.05, 0) is 6.42 Å². The van der Waals surface area contributed by atoms with Crippen molar-refractivity contribution in [2.75, 3.05) is 6.54 Å². The van der Waals surface area contributed by atoms with Crippen LogP contribution in [0.2, 0.25) is 0 Å². The third kappa shape index (κ3) is 2.33. The number of hydroxylamine groups is 2. The van der Waals surface area contributed by atoms with Gasteiger partial charge in [0.25, 0.3) is 0 Å². The zero-order valence-electron chi connectivity index (χ0n) is 6.01. The van der Waals surface area contributed by atoms with Crippen molar-refractivity contribution in [3.8, 4) is 0 Å². The van der Waals surface area contributed by atoms with Gasteiger partial charge >= 0.3 is 0 Å². The van der Waals surface area contributed by atoms with Crippen LogP contribution in [0.25, 0.3) is 0 Å². The van der Waals surface area contributed by atoms with Crippen LogP contribution < -0.4 is 0 Å². The van der Waals surface area contributed by atoms with E-state index in [0.717, 1.165) is 6.54 Å². The van der Waals surface area contributed by atoms with E-state index in [-0.39, 0.29) is 0 Å². The van der Waals surface area contributed by atoms with E-state index in [1.807, 2.05) is 0 Å². The van der Waals surface area contributed by atoms with Crippen LogP contribution in [0, 0.1) is 0 Å². The molecular formula is C7H15NO. The minimum atomic E-state index is 0.511. The van der Waals surface area contributed by atoms with Crippen LogP contribution in [0.3, 0.4) is 0 Å². The van der Waals surface area contributed by atoms with E-state index in [2.05, 4.69) is 6.92 Å². The maximum absolute atomic E-state index is 8.76. The fourth-order valence-electron chi connectivity index (χ4n) is 1.04. The Morgan fingerprint density at radius 3 is 2.67 bits per heavy atom. The molecule has 1 aliphatic rings. The van der Waals surface area contributed by atoms with Crippen LogP contribution in [0.5, 0.6) is 0 Å². The Morgan fingerprint density at radius 1 is 1.56 bits per heavy atom. The van der Waals surface area contributed by atoms with E-state index in [4.69, 9.17) is 5.21 Å². The molecular weight excluding hydrogens is 114 g/mol. The highest BCUT2D eigenvalue weighted by Gasteiger charge is 2.31. The predicted molar refractivity (Wildman–Crippen MR) is 36.4 cm³/mol. The van der Waals surface area contributed by atoms with E-state index in [1.54, 1.807) is 0 Å². The van der Waals surface area contributed by atoms with Gasteiger partial charge in [0.2, 0.25) is 0 Å². The van der Waals surface area contributed by atoms with Gasteiger partial charge in [-0.3, -0.25) is 0 Å². The predicted octanol–water partition coefficient (Wildman–Crippen LogP) is 1.64. The quantitative estimate of drug-likeness (QED) is 0.460. The van der Waals surface area contributed by atoms with Crippen LogP contribution in [0.15, 0.2) is 0 Å². The summed E-state index contributed by atoms with van der Waals surface area (Å²) in [6.45, 7) is 3.10. The van der Waals surface area contributed by atoms with E-state index in [9.17, 15) is 0 Å². The fourth-order valence-corrected chi connectivity index (χ4v) is 1.04. The first-order valence-electron chi connectivity index (χ1n) is 3.80. The summed E-state index contributed by atoms with van der Waals surface area (Å²) < 4.78 is 0. The van der Waals surface area contributed by atoms with Crippen molar-refractivity contribution in [1.29, 1.82) is 0 Å². The van der Waals surface area contributed by atoms with Crippen LogP contribution >= 0.6 is 0 Å². The summed E-state index contributed by atoms with van der Waals surface area (Å²) in [6.07, 6.45) is 5.05. The van der Waals surface area contributed by atoms with Gasteiger partial charge in [0.1, 0.15) is 0 Å². The van der Waals surface area contributed by atoms with Crippen molar-refractivity contribution in [1.82, 2.24) is 5.06 Å². The maximum atomic E-state index is 8.76. The van der Waals surface area contributed by atoms with Crippen molar-refractivity contribution in [3.63, 3.8) is 0 Å². The molecule has 1 saturated heterocycles. The minimum absolute atomic E-state index is 0.511. The highest BCUT2D eigenvalue weighted by Crippen LogP contribution is 2.19. The number of unbranched alkanes of at least 4 members (excludes halogenated alkanes) is 2. The number of nitrogens with zero attached hydrogens (tertiary/aromatic N) is 1. The molecule has 0 aromatic rings. The zero-order chi connectivity index (χ0) is 6.69. The first-order valence-corrected chi connectivity index (χ1v) is 3.80. The van der Waals surface area contributed by atoms with Gasteiger partial charge < -0.3 is 5.21 Å². The zero-order valence-corrected chi connectivity index (χ0v) is 6.01. The van der Waals surface area contributed by atoms with Crippen molar-refractivity contribution >= 4 is 0 Å². The smallest absolute Gasteiger partial charge is 0.0501 e. The summed E-state index contributed by atoms with van der Waals surface area (Å²) in [6, 6.07) is 0.511. The molecule has 0 aliphatic carbocycles. The van der Waals surface area contributed by atoms with Gasteiger partial charge in [0.15, 0.2) is 0 Å². The Hall–Kier alpha value is -0.0800. The van der Waals surface area contributed by atoms with Gasteiger partial charge in [0, 0.05) is 6.54 Å². The molecule has 0 aromatic heterocycles. The molecule has 0 aromatic carbocycles. The Kier molecular flexibility index (Phi) is 2.49. The monoisotopic (exact) mass is 129 g/mol. The lowest BCUT2D eigenvalue weighted by atomic mass is 10.2. The average molecular weight is 129 g/mol. The van der Waals surface area contributed by atoms with Gasteiger partial charge in [-0.15, -0.1) is 0 Å². The largest absolute Gasteiger partial charge is 0.314 e. The van der Waals surface area contributed by atoms with Crippen molar-refractivity contribution in [3.05, 3.63) is 0 Å². The van der Waals surface area contributed by atoms with Gasteiger partial charge in [0.05, 0.1) is 6.04 Å². The highest BCUT2D eigenvalue weighted by molar-refractivity contribution is 4.80. The summed E-state index contributed by atoms with van der Waals surface area (Å²) in [7, 11) is 0. The van der Waals surface area contributed by atoms with Gasteiger partial charge in [-0.1, -0.05) is 26.2 Å². The van der Waals surface area contributed by atoms with Crippen molar-refractivity contribution in [2.45, 2.75) is 38.6 Å². The molecule has 54 valence electrons. The number of hydrogen-bond donors (Lipinski definition) is 1. The van der Waals surface area contributed by atoms with Crippen LogP contribution in [0.1, 0.15) is 32.6 Å². The number of rotatable bonds is 4. The van der Waals surface area contributed by atoms with Crippen LogP contribution in [0.4, 0.5) is 0 Å². The lowest BCUT2D eigenvalue weighted by Crippen LogP contribution is -1.93. The molecule has 0 spiro atoms. The second-order valence-electron chi connectivity index (χ2n) is 2.77. The summed E-state index contributed by atoms with van der Waals surface area (Å²) in [4.78, 5) is 0. The Balaban J connectivity index is 1.83. The maximum Gasteiger partial charge on any atom is 0.0501 e. The van der Waals surface area contributed by atoms with Gasteiger partial charge in [-0.25, -0.2) is 0 Å². The van der Waals surface area contributed by atoms with Crippen LogP contribution in [-0.2, 0) is 0 Å². The minimum Gasteiger partial charge on any atom is -0.314 e. The first kappa shape index (κ1) is 7.03. The molecule has 2 heteroatoms. The molecule has 1 fully saturated rings. The second kappa shape index (κ2) is 3.18. The van der Waals surface area contributed by atoms with E-state index in [0.29, 0.717) is 6.04 Å². The lowest BCUT2D eigenvalue weighted by molar-refractivity contribution is 0.0170. The third-order valence-electron chi connectivity index (χ3n) is 1.83. The second-order valence-corrected chi connectivity index (χ2v) is 2.77. The molecule has 0 bridgehead atoms. The molecule has 0 saturated carbocycles. The highest BCUT2D eigenvalue weighted by atomic mass is 16.5. The molecule has 9 heavy (non-hydrogen) atoms. The third-order valence-corrected chi connectivity index (χ3v) is 1.83.